The third kappa shape index (κ3) is 4.52. The van der Waals surface area contributed by atoms with Crippen molar-refractivity contribution in [1.82, 2.24) is 0 Å². The van der Waals surface area contributed by atoms with Crippen LogP contribution in [0.2, 0.25) is 0 Å². The molecule has 1 heterocycles. The van der Waals surface area contributed by atoms with E-state index in [1.807, 2.05) is 0 Å². The molecule has 0 bridgehead atoms. The molecule has 0 aliphatic carbocycles. The maximum Gasteiger partial charge on any atom is 0.387 e. The zero-order valence-electron chi connectivity index (χ0n) is 16.9. The number of benzene rings is 2. The van der Waals surface area contributed by atoms with E-state index in [1.54, 1.807) is 13.8 Å². The SMILES string of the molecule is CC1OC(C(=O)Nc2ccc(F)c(C(N)=O)c2)C(c2ccc(F)c(F)c2OC(F)F)C1C. The van der Waals surface area contributed by atoms with Gasteiger partial charge in [0.25, 0.3) is 11.8 Å². The van der Waals surface area contributed by atoms with Crippen LogP contribution < -0.4 is 15.8 Å². The number of carbonyl (C=O) groups excluding carboxylic acids is 2. The zero-order valence-corrected chi connectivity index (χ0v) is 16.9. The molecular weight excluding hydrogens is 439 g/mol. The van der Waals surface area contributed by atoms with Gasteiger partial charge in [0.2, 0.25) is 5.82 Å². The summed E-state index contributed by atoms with van der Waals surface area (Å²) in [7, 11) is 0. The summed E-state index contributed by atoms with van der Waals surface area (Å²) in [6.45, 7) is -0.153. The smallest absolute Gasteiger partial charge is 0.387 e. The molecule has 1 fully saturated rings. The molecular formula is C21H19F5N2O4. The second-order valence-corrected chi connectivity index (χ2v) is 7.35. The Labute approximate surface area is 179 Å². The first kappa shape index (κ1) is 23.5. The van der Waals surface area contributed by atoms with Gasteiger partial charge in [0.15, 0.2) is 11.6 Å². The van der Waals surface area contributed by atoms with Crippen molar-refractivity contribution in [2.75, 3.05) is 5.32 Å². The largest absolute Gasteiger partial charge is 0.431 e. The maximum absolute atomic E-state index is 14.3. The third-order valence-electron chi connectivity index (χ3n) is 5.40. The topological polar surface area (TPSA) is 90.6 Å². The lowest BCUT2D eigenvalue weighted by Crippen LogP contribution is -2.33. The third-order valence-corrected chi connectivity index (χ3v) is 5.40. The summed E-state index contributed by atoms with van der Waals surface area (Å²) in [6.07, 6.45) is -1.87. The van der Waals surface area contributed by atoms with E-state index in [9.17, 15) is 31.5 Å². The standard InChI is InChI=1S/C21H19F5N2O4/c1-8-9(2)31-18(20(30)28-10-3-5-13(22)12(7-10)19(27)29)15(8)11-4-6-14(23)16(24)17(11)32-21(25)26/h3-9,15,18,21H,1-2H3,(H2,27,29)(H,28,30). The lowest BCUT2D eigenvalue weighted by molar-refractivity contribution is -0.127. The highest BCUT2D eigenvalue weighted by molar-refractivity contribution is 5.98. The van der Waals surface area contributed by atoms with Crippen LogP contribution in [-0.2, 0) is 9.53 Å². The van der Waals surface area contributed by atoms with Crippen molar-refractivity contribution in [3.05, 3.63) is 58.9 Å². The Balaban J connectivity index is 1.97. The second-order valence-electron chi connectivity index (χ2n) is 7.35. The number of anilines is 1. The average molecular weight is 458 g/mol. The van der Waals surface area contributed by atoms with Gasteiger partial charge in [0, 0.05) is 17.2 Å². The monoisotopic (exact) mass is 458 g/mol. The summed E-state index contributed by atoms with van der Waals surface area (Å²) in [6, 6.07) is 4.93. The van der Waals surface area contributed by atoms with Crippen LogP contribution in [0.1, 0.15) is 35.7 Å². The number of amides is 2. The van der Waals surface area contributed by atoms with Gasteiger partial charge in [0.1, 0.15) is 11.9 Å². The van der Waals surface area contributed by atoms with E-state index in [-0.39, 0.29) is 11.3 Å². The first-order valence-electron chi connectivity index (χ1n) is 9.49. The Hall–Kier alpha value is -3.21. The van der Waals surface area contributed by atoms with Crippen LogP contribution in [0.3, 0.4) is 0 Å². The average Bonchev–Trinajstić information content (AvgIpc) is 3.01. The van der Waals surface area contributed by atoms with Crippen LogP contribution in [0.4, 0.5) is 27.6 Å². The van der Waals surface area contributed by atoms with Crippen LogP contribution in [-0.4, -0.2) is 30.6 Å². The van der Waals surface area contributed by atoms with E-state index in [1.165, 1.54) is 6.07 Å². The Morgan fingerprint density at radius 3 is 2.38 bits per heavy atom. The van der Waals surface area contributed by atoms with Crippen LogP contribution in [0.25, 0.3) is 0 Å². The molecule has 3 rings (SSSR count). The van der Waals surface area contributed by atoms with Gasteiger partial charge in [-0.1, -0.05) is 13.0 Å². The predicted octanol–water partition coefficient (Wildman–Crippen LogP) is 3.95. The minimum Gasteiger partial charge on any atom is -0.431 e. The van der Waals surface area contributed by atoms with Crippen LogP contribution in [0.15, 0.2) is 30.3 Å². The first-order chi connectivity index (χ1) is 15.0. The highest BCUT2D eigenvalue weighted by Crippen LogP contribution is 2.45. The molecule has 1 aliphatic rings. The second kappa shape index (κ2) is 9.11. The van der Waals surface area contributed by atoms with Crippen molar-refractivity contribution < 1.29 is 41.0 Å². The van der Waals surface area contributed by atoms with Crippen molar-refractivity contribution >= 4 is 17.5 Å². The quantitative estimate of drug-likeness (QED) is 0.642. The van der Waals surface area contributed by atoms with Crippen molar-refractivity contribution in [3.8, 4) is 5.75 Å². The number of rotatable bonds is 6. The fraction of sp³-hybridized carbons (Fsp3) is 0.333. The lowest BCUT2D eigenvalue weighted by Gasteiger charge is -2.24. The van der Waals surface area contributed by atoms with Crippen molar-refractivity contribution in [2.24, 2.45) is 11.7 Å². The number of halogens is 5. The molecule has 0 aromatic heterocycles. The van der Waals surface area contributed by atoms with E-state index in [4.69, 9.17) is 10.5 Å². The van der Waals surface area contributed by atoms with Crippen LogP contribution in [0.5, 0.6) is 5.75 Å². The van der Waals surface area contributed by atoms with E-state index < -0.39 is 71.2 Å². The maximum atomic E-state index is 14.3. The Bertz CT molecular complexity index is 1050. The minimum absolute atomic E-state index is 0.0223. The molecule has 3 N–H and O–H groups in total. The first-order valence-corrected chi connectivity index (χ1v) is 9.49. The number of hydrogen-bond donors (Lipinski definition) is 2. The molecule has 2 aromatic carbocycles. The van der Waals surface area contributed by atoms with Gasteiger partial charge in [-0.15, -0.1) is 0 Å². The molecule has 1 saturated heterocycles. The molecule has 6 nitrogen and oxygen atoms in total. The summed E-state index contributed by atoms with van der Waals surface area (Å²) in [5.74, 6) is -8.19. The molecule has 32 heavy (non-hydrogen) atoms. The molecule has 2 aromatic rings. The van der Waals surface area contributed by atoms with Crippen LogP contribution >= 0.6 is 0 Å². The molecule has 11 heteroatoms. The molecule has 1 aliphatic heterocycles. The summed E-state index contributed by atoms with van der Waals surface area (Å²) in [5.41, 5.74) is 4.49. The number of nitrogens with one attached hydrogen (secondary N) is 1. The summed E-state index contributed by atoms with van der Waals surface area (Å²) >= 11 is 0. The van der Waals surface area contributed by atoms with E-state index in [0.717, 1.165) is 24.3 Å². The summed E-state index contributed by atoms with van der Waals surface area (Å²) in [4.78, 5) is 24.3. The molecule has 0 saturated carbocycles. The van der Waals surface area contributed by atoms with Gasteiger partial charge in [0.05, 0.1) is 11.7 Å². The Kier molecular flexibility index (Phi) is 6.68. The number of carbonyl (C=O) groups is 2. The molecule has 172 valence electrons. The number of ether oxygens (including phenoxy) is 2. The highest BCUT2D eigenvalue weighted by atomic mass is 19.3. The fourth-order valence-corrected chi connectivity index (χ4v) is 3.70. The van der Waals surface area contributed by atoms with Crippen molar-refractivity contribution in [2.45, 2.75) is 38.6 Å². The number of nitrogens with two attached hydrogens (primary N) is 1. The molecule has 2 amide bonds. The van der Waals surface area contributed by atoms with Crippen molar-refractivity contribution in [3.63, 3.8) is 0 Å². The summed E-state index contributed by atoms with van der Waals surface area (Å²) < 4.78 is 77.3. The minimum atomic E-state index is -3.43. The summed E-state index contributed by atoms with van der Waals surface area (Å²) in [5, 5.41) is 2.44. The molecule has 4 atom stereocenters. The lowest BCUT2D eigenvalue weighted by atomic mass is 9.82. The van der Waals surface area contributed by atoms with Crippen LogP contribution in [0, 0.1) is 23.4 Å². The number of alkyl halides is 2. The van der Waals surface area contributed by atoms with Gasteiger partial charge in [-0.2, -0.15) is 13.2 Å². The van der Waals surface area contributed by atoms with E-state index in [0.29, 0.717) is 0 Å². The molecule has 0 spiro atoms. The Morgan fingerprint density at radius 1 is 1.09 bits per heavy atom. The van der Waals surface area contributed by atoms with E-state index >= 15 is 0 Å². The molecule has 0 radical (unpaired) electrons. The zero-order chi connectivity index (χ0) is 23.7. The van der Waals surface area contributed by atoms with Gasteiger partial charge in [-0.05, 0) is 37.1 Å². The fourth-order valence-electron chi connectivity index (χ4n) is 3.70. The van der Waals surface area contributed by atoms with Gasteiger partial charge >= 0.3 is 6.61 Å². The molecule has 4 unspecified atom stereocenters. The predicted molar refractivity (Wildman–Crippen MR) is 103 cm³/mol. The normalized spacial score (nSPS) is 22.8. The number of hydrogen-bond acceptors (Lipinski definition) is 4. The van der Waals surface area contributed by atoms with Crippen molar-refractivity contribution in [1.29, 1.82) is 0 Å². The highest BCUT2D eigenvalue weighted by Gasteiger charge is 2.46. The van der Waals surface area contributed by atoms with Gasteiger partial charge in [-0.3, -0.25) is 9.59 Å². The Morgan fingerprint density at radius 2 is 1.75 bits per heavy atom. The van der Waals surface area contributed by atoms with E-state index in [2.05, 4.69) is 10.1 Å². The number of primary amides is 1. The van der Waals surface area contributed by atoms with Gasteiger partial charge < -0.3 is 20.5 Å². The van der Waals surface area contributed by atoms with Gasteiger partial charge in [-0.25, -0.2) is 8.78 Å².